The molecule has 35 heavy (non-hydrogen) atoms. The van der Waals surface area contributed by atoms with E-state index in [-0.39, 0.29) is 6.71 Å². The van der Waals surface area contributed by atoms with Crippen LogP contribution in [0.4, 0.5) is 2.86 Å². The number of benzene rings is 4. The van der Waals surface area contributed by atoms with E-state index < -0.39 is 28.1 Å². The minimum atomic E-state index is -3.17. The van der Waals surface area contributed by atoms with E-state index in [9.17, 15) is 0 Å². The van der Waals surface area contributed by atoms with Crippen molar-refractivity contribution in [3.05, 3.63) is 93.6 Å². The summed E-state index contributed by atoms with van der Waals surface area (Å²) < 4.78 is 24.5. The summed E-state index contributed by atoms with van der Waals surface area (Å²) in [5, 5.41) is 2.28. The molecule has 0 aliphatic carbocycles. The zero-order valence-electron chi connectivity index (χ0n) is 18.7. The molecule has 5 aliphatic rings. The van der Waals surface area contributed by atoms with E-state index in [2.05, 4.69) is 97.6 Å². The molecular formula is C25H15B5FIN2P. The van der Waals surface area contributed by atoms with Crippen molar-refractivity contribution in [3.63, 3.8) is 0 Å². The maximum absolute atomic E-state index is 16.3. The van der Waals surface area contributed by atoms with E-state index in [1.165, 1.54) is 44.2 Å². The van der Waals surface area contributed by atoms with Gasteiger partial charge in [0, 0.05) is 0 Å². The third kappa shape index (κ3) is 2.47. The number of fused-ring (bicyclic) bond motifs is 8. The summed E-state index contributed by atoms with van der Waals surface area (Å²) in [6.45, 7) is 0.186. The molecule has 2 nitrogen and oxygen atoms in total. The zero-order valence-corrected chi connectivity index (χ0v) is 21.7. The van der Waals surface area contributed by atoms with Crippen LogP contribution < -0.4 is 16.4 Å². The number of para-hydroxylation sites is 2. The van der Waals surface area contributed by atoms with Crippen LogP contribution in [0.1, 0.15) is 11.1 Å². The molecule has 6 heterocycles. The molecule has 5 aliphatic heterocycles. The Bertz CT molecular complexity index is 1790. The van der Waals surface area contributed by atoms with Crippen LogP contribution in [0, 0.1) is 3.57 Å². The number of rotatable bonds is 2. The Labute approximate surface area is 214 Å². The standard InChI is InChI=1S/C25H15B5FIN2P/c31-32(33-35-29-26-30(35)27-29)20-14-16-13-15-7-1-3-9-18(15)28-19-10-4-6-12-22(19)34-21-11-5-2-8-17(21)23(20)25(34)24(16)28/h1-12,14H,13H2. The second kappa shape index (κ2) is 6.95. The summed E-state index contributed by atoms with van der Waals surface area (Å²) in [6, 6.07) is 28.4. The number of hydrogen-bond donors (Lipinski definition) is 0. The number of halogens is 2. The van der Waals surface area contributed by atoms with Gasteiger partial charge in [0.2, 0.25) is 0 Å². The molecule has 0 N–H and O–H groups in total. The fourth-order valence-electron chi connectivity index (χ4n) is 6.58. The SMILES string of the molecule is FI(N=[P+]1B2[B]B1[B-]2)c1cc2c3c4c1c1ccccc1n4-c1ccccc1B3c1ccccc1C2. The van der Waals surface area contributed by atoms with Crippen LogP contribution in [0.5, 0.6) is 0 Å². The molecule has 5 aromatic rings. The quantitative estimate of drug-likeness (QED) is 0.169. The molecule has 159 valence electrons. The first kappa shape index (κ1) is 19.9. The first-order valence-corrected chi connectivity index (χ1v) is 16.4. The summed E-state index contributed by atoms with van der Waals surface area (Å²) >= 11 is -3.17. The van der Waals surface area contributed by atoms with Gasteiger partial charge in [0.25, 0.3) is 0 Å². The summed E-state index contributed by atoms with van der Waals surface area (Å²) in [4.78, 5) is 0. The molecule has 3 saturated heterocycles. The number of aromatic nitrogens is 1. The van der Waals surface area contributed by atoms with Gasteiger partial charge >= 0.3 is 216 Å². The van der Waals surface area contributed by atoms with Gasteiger partial charge in [-0.15, -0.1) is 0 Å². The molecule has 10 heteroatoms. The van der Waals surface area contributed by atoms with E-state index in [1.54, 1.807) is 0 Å². The third-order valence-corrected chi connectivity index (χ3v) is 14.9. The van der Waals surface area contributed by atoms with Crippen molar-refractivity contribution in [2.24, 2.45) is 2.96 Å². The van der Waals surface area contributed by atoms with Crippen LogP contribution in [0.15, 0.2) is 81.8 Å². The predicted octanol–water partition coefficient (Wildman–Crippen LogP) is 4.06. The molecular weight excluding hydrogens is 559 g/mol. The Hall–Kier alpha value is -2.24. The Morgan fingerprint density at radius 3 is 2.51 bits per heavy atom. The molecule has 0 spiro atoms. The molecule has 0 unspecified atom stereocenters. The van der Waals surface area contributed by atoms with Gasteiger partial charge in [-0.3, -0.25) is 0 Å². The molecule has 3 radical (unpaired) electrons. The molecule has 0 saturated carbocycles. The Morgan fingerprint density at radius 2 is 1.69 bits per heavy atom. The van der Waals surface area contributed by atoms with Gasteiger partial charge in [-0.05, 0) is 0 Å². The molecule has 10 rings (SSSR count). The van der Waals surface area contributed by atoms with E-state index in [0.717, 1.165) is 20.8 Å². The van der Waals surface area contributed by atoms with Gasteiger partial charge in [-0.1, -0.05) is 0 Å². The van der Waals surface area contributed by atoms with Crippen LogP contribution in [0.2, 0.25) is 0 Å². The van der Waals surface area contributed by atoms with Crippen molar-refractivity contribution in [2.45, 2.75) is 6.42 Å². The fourth-order valence-corrected chi connectivity index (χ4v) is 13.6. The van der Waals surface area contributed by atoms with Gasteiger partial charge in [-0.2, -0.15) is 0 Å². The van der Waals surface area contributed by atoms with E-state index in [4.69, 9.17) is 2.96 Å². The molecule has 0 amide bonds. The average Bonchev–Trinajstić information content (AvgIpc) is 3.20. The van der Waals surface area contributed by atoms with Crippen molar-refractivity contribution >= 4 is 99.6 Å². The summed E-state index contributed by atoms with van der Waals surface area (Å²) in [7, 11) is 4.14. The topological polar surface area (TPSA) is 17.3 Å². The van der Waals surface area contributed by atoms with E-state index >= 15 is 2.86 Å². The van der Waals surface area contributed by atoms with Crippen molar-refractivity contribution in [1.29, 1.82) is 0 Å². The van der Waals surface area contributed by atoms with Crippen molar-refractivity contribution in [1.82, 2.24) is 4.57 Å². The molecule has 0 atom stereocenters. The summed E-state index contributed by atoms with van der Waals surface area (Å²) in [5.41, 5.74) is 10.4. The summed E-state index contributed by atoms with van der Waals surface area (Å²) in [6.07, 6.45) is 1.81. The molecule has 2 bridgehead atoms. The number of nitrogens with zero attached hydrogens (tertiary/aromatic N) is 2. The molecule has 3 fully saturated rings. The van der Waals surface area contributed by atoms with Crippen molar-refractivity contribution in [3.8, 4) is 5.69 Å². The van der Waals surface area contributed by atoms with Crippen LogP contribution in [0.25, 0.3) is 27.5 Å². The van der Waals surface area contributed by atoms with Gasteiger partial charge in [-0.25, -0.2) is 0 Å². The summed E-state index contributed by atoms with van der Waals surface area (Å²) in [5.74, 6) is 0. The van der Waals surface area contributed by atoms with E-state index in [1.807, 2.05) is 0 Å². The Kier molecular flexibility index (Phi) is 3.95. The zero-order chi connectivity index (χ0) is 22.8. The molecule has 4 aromatic carbocycles. The van der Waals surface area contributed by atoms with Crippen molar-refractivity contribution in [2.75, 3.05) is 0 Å². The monoisotopic (exact) mass is 575 g/mol. The predicted molar refractivity (Wildman–Crippen MR) is 161 cm³/mol. The van der Waals surface area contributed by atoms with Crippen LogP contribution >= 0.6 is 28.1 Å². The van der Waals surface area contributed by atoms with Gasteiger partial charge in [0.1, 0.15) is 0 Å². The number of hydrogen-bond acceptors (Lipinski definition) is 1. The second-order valence-electron chi connectivity index (χ2n) is 9.92. The minimum absolute atomic E-state index is 0.186. The Balaban J connectivity index is 1.44. The maximum atomic E-state index is 16.3. The average molecular weight is 574 g/mol. The van der Waals surface area contributed by atoms with Gasteiger partial charge < -0.3 is 0 Å². The first-order valence-electron chi connectivity index (χ1n) is 12.1. The molecule has 1 aromatic heterocycles. The van der Waals surface area contributed by atoms with Gasteiger partial charge in [0.15, 0.2) is 0 Å². The Morgan fingerprint density at radius 1 is 0.943 bits per heavy atom. The third-order valence-electron chi connectivity index (χ3n) is 8.26. The van der Waals surface area contributed by atoms with Gasteiger partial charge in [0.05, 0.1) is 0 Å². The normalized spacial score (nSPS) is 16.4. The van der Waals surface area contributed by atoms with E-state index in [0.29, 0.717) is 12.4 Å². The van der Waals surface area contributed by atoms with Crippen LogP contribution in [-0.2, 0) is 6.42 Å². The fraction of sp³-hybridized carbons (Fsp3) is 0.0400. The van der Waals surface area contributed by atoms with Crippen LogP contribution in [0.3, 0.4) is 0 Å². The van der Waals surface area contributed by atoms with Crippen molar-refractivity contribution < 1.29 is 2.86 Å². The second-order valence-corrected chi connectivity index (χ2v) is 15.7. The first-order chi connectivity index (χ1) is 17.3. The van der Waals surface area contributed by atoms with Crippen LogP contribution in [-0.4, -0.2) is 37.8 Å².